The summed E-state index contributed by atoms with van der Waals surface area (Å²) in [5.74, 6) is -0.795. The summed E-state index contributed by atoms with van der Waals surface area (Å²) >= 11 is 0. The Kier molecular flexibility index (Phi) is 79.6. The molecule has 0 heterocycles. The monoisotopic (exact) mass is 1350 g/mol. The van der Waals surface area contributed by atoms with Crippen LogP contribution in [0.1, 0.15) is 483 Å². The fraction of sp³-hybridized carbons (Fsp3) is 0.952. The second kappa shape index (κ2) is 80.7. The molecular formula is C84H166NO8P. The molecule has 2 atom stereocenters. The Labute approximate surface area is 587 Å². The van der Waals surface area contributed by atoms with E-state index < -0.39 is 26.5 Å². The van der Waals surface area contributed by atoms with Gasteiger partial charge in [-0.3, -0.25) is 18.6 Å². The summed E-state index contributed by atoms with van der Waals surface area (Å²) in [7, 11) is -4.39. The van der Waals surface area contributed by atoms with Crippen LogP contribution in [0.5, 0.6) is 0 Å². The largest absolute Gasteiger partial charge is 0.472 e. The maximum absolute atomic E-state index is 12.8. The lowest BCUT2D eigenvalue weighted by atomic mass is 10.0. The SMILES string of the molecule is CCCCCCCCCC/C=C\CCCCCCCCCCCCCCCCCCCCCCCCCC(=O)OC(COC(=O)CCCCCCCCCCCCCCCCCCCCCCCCCCCCCCCCCCCCCCCC)COP(=O)(O)OCCN. The molecule has 0 aliphatic rings. The molecule has 0 spiro atoms. The summed E-state index contributed by atoms with van der Waals surface area (Å²) in [5.41, 5.74) is 5.42. The van der Waals surface area contributed by atoms with Crippen molar-refractivity contribution in [3.05, 3.63) is 12.2 Å². The molecule has 3 N–H and O–H groups in total. The average molecular weight is 1350 g/mol. The number of allylic oxidation sites excluding steroid dienone is 2. The lowest BCUT2D eigenvalue weighted by Gasteiger charge is -2.19. The number of esters is 2. The van der Waals surface area contributed by atoms with E-state index in [2.05, 4.69) is 26.0 Å². The maximum atomic E-state index is 12.8. The number of unbranched alkanes of at least 4 members (excludes halogenated alkanes) is 68. The summed E-state index contributed by atoms with van der Waals surface area (Å²) in [5, 5.41) is 0. The highest BCUT2D eigenvalue weighted by atomic mass is 31.2. The zero-order chi connectivity index (χ0) is 67.9. The first kappa shape index (κ1) is 92.8. The van der Waals surface area contributed by atoms with Crippen LogP contribution in [-0.2, 0) is 32.7 Å². The van der Waals surface area contributed by atoms with Gasteiger partial charge in [-0.2, -0.15) is 0 Å². The van der Waals surface area contributed by atoms with Crippen molar-refractivity contribution in [2.75, 3.05) is 26.4 Å². The first-order chi connectivity index (χ1) is 46.3. The van der Waals surface area contributed by atoms with Gasteiger partial charge >= 0.3 is 19.8 Å². The maximum Gasteiger partial charge on any atom is 0.472 e. The van der Waals surface area contributed by atoms with E-state index >= 15 is 0 Å². The number of phosphoric acid groups is 1. The third-order valence-electron chi connectivity index (χ3n) is 19.9. The van der Waals surface area contributed by atoms with E-state index in [-0.39, 0.29) is 38.6 Å². The predicted octanol–water partition coefficient (Wildman–Crippen LogP) is 28.6. The van der Waals surface area contributed by atoms with Crippen molar-refractivity contribution in [1.82, 2.24) is 0 Å². The summed E-state index contributed by atoms with van der Waals surface area (Å²) in [6, 6.07) is 0. The Morgan fingerprint density at radius 3 is 0.755 bits per heavy atom. The summed E-state index contributed by atoms with van der Waals surface area (Å²) in [6.45, 7) is 3.85. The van der Waals surface area contributed by atoms with E-state index in [4.69, 9.17) is 24.3 Å². The van der Waals surface area contributed by atoms with Crippen LogP contribution in [0.2, 0.25) is 0 Å². The molecule has 0 aromatic rings. The number of carbonyl (C=O) groups is 2. The number of hydrogen-bond donors (Lipinski definition) is 2. The Bertz CT molecular complexity index is 1550. The fourth-order valence-electron chi connectivity index (χ4n) is 13.6. The van der Waals surface area contributed by atoms with Crippen molar-refractivity contribution >= 4 is 19.8 Å². The Morgan fingerprint density at radius 2 is 0.521 bits per heavy atom. The van der Waals surface area contributed by atoms with Gasteiger partial charge in [0.25, 0.3) is 0 Å². The van der Waals surface area contributed by atoms with E-state index in [1.54, 1.807) is 0 Å². The molecule has 0 bridgehead atoms. The topological polar surface area (TPSA) is 134 Å². The van der Waals surface area contributed by atoms with Crippen LogP contribution in [0.25, 0.3) is 0 Å². The van der Waals surface area contributed by atoms with Crippen molar-refractivity contribution in [1.29, 1.82) is 0 Å². The molecule has 0 saturated heterocycles. The van der Waals surface area contributed by atoms with Gasteiger partial charge in [0, 0.05) is 19.4 Å². The quantitative estimate of drug-likeness (QED) is 0.0264. The zero-order valence-corrected chi connectivity index (χ0v) is 64.4. The van der Waals surface area contributed by atoms with E-state index in [9.17, 15) is 19.0 Å². The third kappa shape index (κ3) is 79.7. The molecule has 560 valence electrons. The molecule has 0 radical (unpaired) electrons. The molecule has 9 nitrogen and oxygen atoms in total. The van der Waals surface area contributed by atoms with E-state index in [0.29, 0.717) is 6.42 Å². The van der Waals surface area contributed by atoms with E-state index in [1.807, 2.05) is 0 Å². The molecule has 0 aromatic carbocycles. The Hall–Kier alpha value is -1.25. The molecule has 0 saturated carbocycles. The van der Waals surface area contributed by atoms with Crippen LogP contribution in [-0.4, -0.2) is 49.3 Å². The van der Waals surface area contributed by atoms with Gasteiger partial charge in [0.05, 0.1) is 13.2 Å². The van der Waals surface area contributed by atoms with Crippen molar-refractivity contribution < 1.29 is 37.6 Å². The van der Waals surface area contributed by atoms with Gasteiger partial charge in [0.2, 0.25) is 0 Å². The summed E-state index contributed by atoms with van der Waals surface area (Å²) < 4.78 is 33.3. The zero-order valence-electron chi connectivity index (χ0n) is 63.5. The van der Waals surface area contributed by atoms with Gasteiger partial charge < -0.3 is 20.1 Å². The highest BCUT2D eigenvalue weighted by molar-refractivity contribution is 7.47. The summed E-state index contributed by atoms with van der Waals surface area (Å²) in [4.78, 5) is 35.5. The Morgan fingerprint density at radius 1 is 0.309 bits per heavy atom. The van der Waals surface area contributed by atoms with Crippen LogP contribution < -0.4 is 5.73 Å². The van der Waals surface area contributed by atoms with Crippen LogP contribution >= 0.6 is 7.82 Å². The minimum atomic E-state index is -4.39. The minimum absolute atomic E-state index is 0.0582. The number of carbonyl (C=O) groups excluding carboxylic acids is 2. The van der Waals surface area contributed by atoms with Crippen molar-refractivity contribution in [2.45, 2.75) is 489 Å². The highest BCUT2D eigenvalue weighted by Gasteiger charge is 2.26. The number of nitrogens with two attached hydrogens (primary N) is 1. The van der Waals surface area contributed by atoms with Gasteiger partial charge in [-0.05, 0) is 38.5 Å². The number of phosphoric ester groups is 1. The first-order valence-electron chi connectivity index (χ1n) is 42.7. The number of ether oxygens (including phenoxy) is 2. The van der Waals surface area contributed by atoms with Gasteiger partial charge in [0.1, 0.15) is 6.61 Å². The lowest BCUT2D eigenvalue weighted by molar-refractivity contribution is -0.161. The number of rotatable bonds is 83. The van der Waals surface area contributed by atoms with Gasteiger partial charge in [-0.15, -0.1) is 0 Å². The molecule has 0 fully saturated rings. The molecular weight excluding hydrogens is 1180 g/mol. The fourth-order valence-corrected chi connectivity index (χ4v) is 14.3. The van der Waals surface area contributed by atoms with Gasteiger partial charge in [-0.1, -0.05) is 443 Å². The van der Waals surface area contributed by atoms with Crippen molar-refractivity contribution in [2.24, 2.45) is 5.73 Å². The highest BCUT2D eigenvalue weighted by Crippen LogP contribution is 2.43. The van der Waals surface area contributed by atoms with Crippen LogP contribution in [0.3, 0.4) is 0 Å². The van der Waals surface area contributed by atoms with Crippen LogP contribution in [0.4, 0.5) is 0 Å². The molecule has 0 aliphatic heterocycles. The third-order valence-corrected chi connectivity index (χ3v) is 20.9. The lowest BCUT2D eigenvalue weighted by Crippen LogP contribution is -2.29. The molecule has 0 aliphatic carbocycles. The molecule has 0 amide bonds. The van der Waals surface area contributed by atoms with Gasteiger partial charge in [0.15, 0.2) is 6.10 Å². The average Bonchev–Trinajstić information content (AvgIpc) is 3.26. The van der Waals surface area contributed by atoms with Crippen molar-refractivity contribution in [3.8, 4) is 0 Å². The molecule has 0 aromatic heterocycles. The van der Waals surface area contributed by atoms with Crippen LogP contribution in [0, 0.1) is 0 Å². The van der Waals surface area contributed by atoms with Crippen molar-refractivity contribution in [3.63, 3.8) is 0 Å². The molecule has 2 unspecified atom stereocenters. The standard InChI is InChI=1S/C84H166NO8P/c1-3-5-7-9-11-13-15-17-19-21-23-25-27-29-31-33-35-37-39-40-41-43-44-46-48-50-52-54-56-58-60-62-64-66-68-70-72-74-76-83(86)90-80-82(81-92-94(88,89)91-79-78-85)93-84(87)77-75-73-71-69-67-65-63-61-59-57-55-53-51-49-47-45-42-38-36-34-32-30-28-26-24-22-20-18-16-14-12-10-8-6-4-2/h22,24,82H,3-21,23,25-81,85H2,1-2H3,(H,88,89)/b24-22-. The van der Waals surface area contributed by atoms with E-state index in [1.165, 1.54) is 417 Å². The molecule has 10 heteroatoms. The minimum Gasteiger partial charge on any atom is -0.462 e. The predicted molar refractivity (Wildman–Crippen MR) is 409 cm³/mol. The summed E-state index contributed by atoms with van der Waals surface area (Å²) in [6.07, 6.45) is 101. The normalized spacial score (nSPS) is 12.8. The molecule has 94 heavy (non-hydrogen) atoms. The second-order valence-corrected chi connectivity index (χ2v) is 30.9. The number of hydrogen-bond acceptors (Lipinski definition) is 8. The Balaban J connectivity index is 3.70. The van der Waals surface area contributed by atoms with Gasteiger partial charge in [-0.25, -0.2) is 4.57 Å². The second-order valence-electron chi connectivity index (χ2n) is 29.4. The van der Waals surface area contributed by atoms with Crippen LogP contribution in [0.15, 0.2) is 12.2 Å². The first-order valence-corrected chi connectivity index (χ1v) is 44.2. The molecule has 0 rings (SSSR count). The van der Waals surface area contributed by atoms with E-state index in [0.717, 1.165) is 32.1 Å². The smallest absolute Gasteiger partial charge is 0.462 e.